The number of rotatable bonds is 8. The van der Waals surface area contributed by atoms with E-state index in [1.54, 1.807) is 36.3 Å². The van der Waals surface area contributed by atoms with Gasteiger partial charge in [-0.3, -0.25) is 9.25 Å². The predicted molar refractivity (Wildman–Crippen MR) is 128 cm³/mol. The molecular formula is C25H23ClF4N4O3. The first-order valence-corrected chi connectivity index (χ1v) is 11.7. The maximum Gasteiger partial charge on any atom is 0.417 e. The molecule has 12 heteroatoms. The van der Waals surface area contributed by atoms with Gasteiger partial charge in [0.25, 0.3) is 5.88 Å². The molecule has 7 nitrogen and oxygen atoms in total. The minimum absolute atomic E-state index is 0.0539. The molecule has 2 unspecified atom stereocenters. The van der Waals surface area contributed by atoms with Crippen molar-refractivity contribution in [3.8, 4) is 11.6 Å². The van der Waals surface area contributed by atoms with Gasteiger partial charge >= 0.3 is 11.9 Å². The molecule has 4 rings (SSSR count). The number of ether oxygens (including phenoxy) is 2. The van der Waals surface area contributed by atoms with E-state index in [1.165, 1.54) is 6.07 Å². The second kappa shape index (κ2) is 10.8. The summed E-state index contributed by atoms with van der Waals surface area (Å²) in [4.78, 5) is 16.0. The smallest absolute Gasteiger partial charge is 0.417 e. The SMILES string of the molecule is CC1C=C(CCOc2nc(=O)n(Cc3cnn(C)c3)cc2F)C=CC1Oc1ccc(Cl)c(C(F)(F)F)c1. The van der Waals surface area contributed by atoms with Crippen LogP contribution in [0.4, 0.5) is 17.6 Å². The predicted octanol–water partition coefficient (Wildman–Crippen LogP) is 5.19. The summed E-state index contributed by atoms with van der Waals surface area (Å²) >= 11 is 5.66. The third-order valence-corrected chi connectivity index (χ3v) is 6.00. The summed E-state index contributed by atoms with van der Waals surface area (Å²) in [6.45, 7) is 2.05. The van der Waals surface area contributed by atoms with E-state index in [0.29, 0.717) is 6.42 Å². The van der Waals surface area contributed by atoms with Crippen molar-refractivity contribution in [1.29, 1.82) is 0 Å². The van der Waals surface area contributed by atoms with Crippen LogP contribution >= 0.6 is 11.6 Å². The van der Waals surface area contributed by atoms with Gasteiger partial charge in [-0.15, -0.1) is 0 Å². The molecule has 2 aromatic heterocycles. The van der Waals surface area contributed by atoms with Crippen molar-refractivity contribution in [2.75, 3.05) is 6.61 Å². The summed E-state index contributed by atoms with van der Waals surface area (Å²) in [5.74, 6) is -1.25. The Balaban J connectivity index is 1.32. The fourth-order valence-electron chi connectivity index (χ4n) is 3.83. The summed E-state index contributed by atoms with van der Waals surface area (Å²) in [5, 5.41) is 3.61. The van der Waals surface area contributed by atoms with Crippen LogP contribution in [0, 0.1) is 11.7 Å². The number of halogens is 5. The number of nitrogens with zero attached hydrogens (tertiary/aromatic N) is 4. The fraction of sp³-hybridized carbons (Fsp3) is 0.320. The Morgan fingerprint density at radius 1 is 1.22 bits per heavy atom. The molecule has 0 radical (unpaired) electrons. The van der Waals surface area contributed by atoms with E-state index < -0.39 is 34.4 Å². The average molecular weight is 539 g/mol. The van der Waals surface area contributed by atoms with Crippen LogP contribution in [0.2, 0.25) is 5.02 Å². The molecule has 1 aromatic carbocycles. The van der Waals surface area contributed by atoms with E-state index in [9.17, 15) is 22.4 Å². The second-order valence-electron chi connectivity index (χ2n) is 8.61. The molecule has 196 valence electrons. The van der Waals surface area contributed by atoms with Crippen LogP contribution in [-0.2, 0) is 19.8 Å². The lowest BCUT2D eigenvalue weighted by Crippen LogP contribution is -2.25. The van der Waals surface area contributed by atoms with Gasteiger partial charge in [0.1, 0.15) is 11.9 Å². The van der Waals surface area contributed by atoms with Gasteiger partial charge in [0, 0.05) is 31.1 Å². The van der Waals surface area contributed by atoms with E-state index in [2.05, 4.69) is 10.1 Å². The third kappa shape index (κ3) is 6.59. The molecule has 0 fully saturated rings. The molecule has 0 spiro atoms. The summed E-state index contributed by atoms with van der Waals surface area (Å²) in [6, 6.07) is 3.42. The Bertz CT molecular complexity index is 1400. The minimum Gasteiger partial charge on any atom is -0.486 e. The van der Waals surface area contributed by atoms with E-state index in [0.717, 1.165) is 34.0 Å². The molecule has 0 bridgehead atoms. The molecule has 0 saturated heterocycles. The van der Waals surface area contributed by atoms with Crippen LogP contribution in [0.25, 0.3) is 0 Å². The Labute approximate surface area is 214 Å². The van der Waals surface area contributed by atoms with Gasteiger partial charge in [-0.05, 0) is 29.8 Å². The van der Waals surface area contributed by atoms with Gasteiger partial charge in [-0.2, -0.15) is 27.6 Å². The molecule has 0 aliphatic heterocycles. The van der Waals surface area contributed by atoms with Crippen LogP contribution in [0.1, 0.15) is 24.5 Å². The summed E-state index contributed by atoms with van der Waals surface area (Å²) in [6.07, 6.45) is 5.05. The number of alkyl halides is 3. The van der Waals surface area contributed by atoms with Gasteiger partial charge in [-0.1, -0.05) is 30.7 Å². The average Bonchev–Trinajstić information content (AvgIpc) is 3.23. The first-order chi connectivity index (χ1) is 17.5. The molecule has 3 aromatic rings. The zero-order valence-electron chi connectivity index (χ0n) is 19.9. The first-order valence-electron chi connectivity index (χ1n) is 11.3. The van der Waals surface area contributed by atoms with Crippen LogP contribution < -0.4 is 15.2 Å². The lowest BCUT2D eigenvalue weighted by molar-refractivity contribution is -0.137. The highest BCUT2D eigenvalue weighted by molar-refractivity contribution is 6.31. The lowest BCUT2D eigenvalue weighted by Gasteiger charge is -2.25. The molecule has 0 N–H and O–H groups in total. The quantitative estimate of drug-likeness (QED) is 0.369. The van der Waals surface area contributed by atoms with Gasteiger partial charge in [0.15, 0.2) is 0 Å². The fourth-order valence-corrected chi connectivity index (χ4v) is 4.05. The van der Waals surface area contributed by atoms with Crippen molar-refractivity contribution in [1.82, 2.24) is 19.3 Å². The van der Waals surface area contributed by atoms with Crippen molar-refractivity contribution in [3.05, 3.63) is 93.0 Å². The van der Waals surface area contributed by atoms with Crippen molar-refractivity contribution in [2.24, 2.45) is 13.0 Å². The molecule has 1 aliphatic rings. The second-order valence-corrected chi connectivity index (χ2v) is 9.01. The normalized spacial score (nSPS) is 17.5. The number of allylic oxidation sites excluding steroid dienone is 1. The third-order valence-electron chi connectivity index (χ3n) is 5.67. The van der Waals surface area contributed by atoms with Crippen LogP contribution in [0.3, 0.4) is 0 Å². The zero-order chi connectivity index (χ0) is 26.7. The van der Waals surface area contributed by atoms with E-state index in [1.807, 2.05) is 13.0 Å². The monoisotopic (exact) mass is 538 g/mol. The first kappa shape index (κ1) is 26.5. The maximum atomic E-state index is 14.5. The highest BCUT2D eigenvalue weighted by Crippen LogP contribution is 2.37. The van der Waals surface area contributed by atoms with Crippen molar-refractivity contribution >= 4 is 11.6 Å². The van der Waals surface area contributed by atoms with Gasteiger partial charge in [-0.25, -0.2) is 4.79 Å². The van der Waals surface area contributed by atoms with Crippen LogP contribution in [-0.4, -0.2) is 32.0 Å². The zero-order valence-corrected chi connectivity index (χ0v) is 20.6. The number of hydrogen-bond donors (Lipinski definition) is 0. The standard InChI is InChI=1S/C25H23ClF4N4O3/c1-15-9-16(3-6-22(15)37-18-4-5-20(26)19(10-18)25(28,29)30)7-8-36-23-21(27)14-34(24(35)32-23)13-17-11-31-33(2)12-17/h3-6,9-12,14-15,22H,7-8,13H2,1-2H3. The van der Waals surface area contributed by atoms with Crippen molar-refractivity contribution in [2.45, 2.75) is 32.2 Å². The molecule has 2 heterocycles. The van der Waals surface area contributed by atoms with Gasteiger partial charge in [0.05, 0.1) is 36.1 Å². The van der Waals surface area contributed by atoms with Crippen LogP contribution in [0.15, 0.2) is 65.4 Å². The molecule has 0 saturated carbocycles. The summed E-state index contributed by atoms with van der Waals surface area (Å²) < 4.78 is 67.6. The number of benzene rings is 1. The molecular weight excluding hydrogens is 516 g/mol. The highest BCUT2D eigenvalue weighted by atomic mass is 35.5. The highest BCUT2D eigenvalue weighted by Gasteiger charge is 2.34. The Hall–Kier alpha value is -3.60. The molecule has 1 aliphatic carbocycles. The lowest BCUT2D eigenvalue weighted by atomic mass is 9.93. The van der Waals surface area contributed by atoms with E-state index in [-0.39, 0.29) is 30.7 Å². The number of aromatic nitrogens is 4. The Morgan fingerprint density at radius 2 is 2.00 bits per heavy atom. The summed E-state index contributed by atoms with van der Waals surface area (Å²) in [5.41, 5.74) is -0.0203. The minimum atomic E-state index is -4.59. The van der Waals surface area contributed by atoms with Gasteiger partial charge < -0.3 is 9.47 Å². The van der Waals surface area contributed by atoms with Gasteiger partial charge in [0.2, 0.25) is 5.82 Å². The largest absolute Gasteiger partial charge is 0.486 e. The Morgan fingerprint density at radius 3 is 2.68 bits per heavy atom. The topological polar surface area (TPSA) is 71.2 Å². The van der Waals surface area contributed by atoms with E-state index in [4.69, 9.17) is 21.1 Å². The maximum absolute atomic E-state index is 14.5. The van der Waals surface area contributed by atoms with Crippen LogP contribution in [0.5, 0.6) is 11.6 Å². The number of aryl methyl sites for hydroxylation is 1. The molecule has 0 amide bonds. The molecule has 37 heavy (non-hydrogen) atoms. The summed E-state index contributed by atoms with van der Waals surface area (Å²) in [7, 11) is 1.74. The van der Waals surface area contributed by atoms with Crippen molar-refractivity contribution < 1.29 is 27.0 Å². The van der Waals surface area contributed by atoms with E-state index >= 15 is 0 Å². The Kier molecular flexibility index (Phi) is 7.72. The number of hydrogen-bond acceptors (Lipinski definition) is 5. The molecule has 2 atom stereocenters. The van der Waals surface area contributed by atoms with Crippen molar-refractivity contribution in [3.63, 3.8) is 0 Å².